The normalized spacial score (nSPS) is 13.8. The first-order valence-corrected chi connectivity index (χ1v) is 13.7. The van der Waals surface area contributed by atoms with Crippen molar-refractivity contribution in [2.45, 2.75) is 90.6 Å². The Morgan fingerprint density at radius 1 is 0.926 bits per heavy atom. The molecule has 1 aromatic rings. The van der Waals surface area contributed by atoms with E-state index in [1.807, 2.05) is 0 Å². The average molecular weight is 454 g/mol. The van der Waals surface area contributed by atoms with E-state index in [1.165, 1.54) is 0 Å². The molecule has 0 radical (unpaired) electrons. The first-order valence-electron chi connectivity index (χ1n) is 10.0. The van der Waals surface area contributed by atoms with Crippen molar-refractivity contribution in [2.75, 3.05) is 6.61 Å². The lowest BCUT2D eigenvalue weighted by Crippen LogP contribution is -2.37. The summed E-state index contributed by atoms with van der Waals surface area (Å²) in [5, 5.41) is 1.74. The summed E-state index contributed by atoms with van der Waals surface area (Å²) >= 11 is 19.2. The van der Waals surface area contributed by atoms with Crippen LogP contribution in [0, 0.1) is 0 Å². The number of rotatable bonds is 11. The lowest BCUT2D eigenvalue weighted by molar-refractivity contribution is -0.00555. The quantitative estimate of drug-likeness (QED) is 0.246. The van der Waals surface area contributed by atoms with E-state index in [2.05, 4.69) is 41.5 Å². The van der Waals surface area contributed by atoms with E-state index in [4.69, 9.17) is 44.0 Å². The van der Waals surface area contributed by atoms with Gasteiger partial charge in [0.15, 0.2) is 8.32 Å². The Hall–Kier alpha value is 0.227. The van der Waals surface area contributed by atoms with Gasteiger partial charge in [0.2, 0.25) is 0 Å². The summed E-state index contributed by atoms with van der Waals surface area (Å²) in [4.78, 5) is 0. The third-order valence-corrected chi connectivity index (χ3v) is 10.6. The summed E-state index contributed by atoms with van der Waals surface area (Å²) in [7, 11) is -1.80. The first-order chi connectivity index (χ1) is 12.6. The highest BCUT2D eigenvalue weighted by atomic mass is 35.5. The summed E-state index contributed by atoms with van der Waals surface area (Å²) in [5.74, 6) is 0. The van der Waals surface area contributed by atoms with E-state index in [0.717, 1.165) is 49.6 Å². The topological polar surface area (TPSA) is 18.5 Å². The number of hydrogen-bond acceptors (Lipinski definition) is 2. The molecule has 156 valence electrons. The van der Waals surface area contributed by atoms with Crippen molar-refractivity contribution in [1.29, 1.82) is 0 Å². The van der Waals surface area contributed by atoms with E-state index >= 15 is 0 Å². The van der Waals surface area contributed by atoms with Crippen molar-refractivity contribution in [3.63, 3.8) is 0 Å². The van der Waals surface area contributed by atoms with Gasteiger partial charge in [-0.2, -0.15) is 0 Å². The van der Waals surface area contributed by atoms with Crippen LogP contribution in [0.3, 0.4) is 0 Å². The van der Waals surface area contributed by atoms with Crippen LogP contribution in [0.4, 0.5) is 0 Å². The predicted molar refractivity (Wildman–Crippen MR) is 122 cm³/mol. The van der Waals surface area contributed by atoms with Crippen LogP contribution in [0.25, 0.3) is 0 Å². The maximum absolute atomic E-state index is 6.81. The van der Waals surface area contributed by atoms with Crippen LogP contribution in [-0.4, -0.2) is 20.5 Å². The average Bonchev–Trinajstić information content (AvgIpc) is 2.57. The van der Waals surface area contributed by atoms with E-state index in [0.29, 0.717) is 15.1 Å². The van der Waals surface area contributed by atoms with Gasteiger partial charge in [-0.05, 0) is 70.3 Å². The van der Waals surface area contributed by atoms with Gasteiger partial charge < -0.3 is 9.16 Å². The molecule has 0 amide bonds. The van der Waals surface area contributed by atoms with Crippen LogP contribution < -0.4 is 0 Å². The first kappa shape index (κ1) is 25.3. The monoisotopic (exact) mass is 452 g/mol. The molecule has 2 nitrogen and oxygen atoms in total. The van der Waals surface area contributed by atoms with Crippen LogP contribution in [0.15, 0.2) is 12.1 Å². The molecule has 0 heterocycles. The van der Waals surface area contributed by atoms with Gasteiger partial charge >= 0.3 is 0 Å². The molecule has 0 fully saturated rings. The van der Waals surface area contributed by atoms with Crippen molar-refractivity contribution in [1.82, 2.24) is 0 Å². The van der Waals surface area contributed by atoms with Gasteiger partial charge in [-0.15, -0.1) is 0 Å². The van der Waals surface area contributed by atoms with Crippen molar-refractivity contribution in [3.8, 4) is 0 Å². The van der Waals surface area contributed by atoms with Crippen LogP contribution in [-0.2, 0) is 9.16 Å². The molecule has 0 saturated heterocycles. The molecule has 0 aliphatic carbocycles. The zero-order valence-electron chi connectivity index (χ0n) is 17.6. The molecule has 0 aromatic heterocycles. The SMILES string of the molecule is CC[Si](CC)(CC)OC(CCCCOC(C)(C)C)c1c(Cl)cc(Cl)cc1Cl. The highest BCUT2D eigenvalue weighted by molar-refractivity contribution is 6.73. The second-order valence-corrected chi connectivity index (χ2v) is 14.1. The summed E-state index contributed by atoms with van der Waals surface area (Å²) in [5.41, 5.74) is 0.777. The maximum atomic E-state index is 6.81. The molecular formula is C21H35Cl3O2Si. The molecule has 0 bridgehead atoms. The minimum atomic E-state index is -1.80. The van der Waals surface area contributed by atoms with Crippen LogP contribution in [0.5, 0.6) is 0 Å². The van der Waals surface area contributed by atoms with E-state index in [9.17, 15) is 0 Å². The van der Waals surface area contributed by atoms with Crippen LogP contribution in [0.1, 0.15) is 72.5 Å². The van der Waals surface area contributed by atoms with Gasteiger partial charge in [0.1, 0.15) is 0 Å². The summed E-state index contributed by atoms with van der Waals surface area (Å²) in [6.07, 6.45) is 2.77. The number of ether oxygens (including phenoxy) is 1. The fourth-order valence-electron chi connectivity index (χ4n) is 3.24. The van der Waals surface area contributed by atoms with Crippen molar-refractivity contribution in [3.05, 3.63) is 32.8 Å². The van der Waals surface area contributed by atoms with Gasteiger partial charge in [-0.25, -0.2) is 0 Å². The van der Waals surface area contributed by atoms with Gasteiger partial charge in [-0.1, -0.05) is 55.6 Å². The van der Waals surface area contributed by atoms with Crippen molar-refractivity contribution in [2.24, 2.45) is 0 Å². The Balaban J connectivity index is 2.97. The maximum Gasteiger partial charge on any atom is 0.192 e. The fourth-order valence-corrected chi connectivity index (χ4v) is 7.13. The molecule has 0 saturated carbocycles. The molecule has 27 heavy (non-hydrogen) atoms. The fraction of sp³-hybridized carbons (Fsp3) is 0.714. The zero-order chi connectivity index (χ0) is 20.7. The number of halogens is 3. The standard InChI is InChI=1S/C21H35Cl3O2Si/c1-7-27(8-2,9-3)26-19(12-10-11-13-25-21(4,5)6)20-17(23)14-16(22)15-18(20)24/h14-15,19H,7-13H2,1-6H3. The molecule has 0 N–H and O–H groups in total. The van der Waals surface area contributed by atoms with E-state index in [1.54, 1.807) is 12.1 Å². The molecule has 1 unspecified atom stereocenters. The second-order valence-electron chi connectivity index (χ2n) is 8.09. The van der Waals surface area contributed by atoms with Crippen molar-refractivity contribution >= 4 is 43.1 Å². The second kappa shape index (κ2) is 11.4. The molecule has 1 rings (SSSR count). The lowest BCUT2D eigenvalue weighted by Gasteiger charge is -2.34. The van der Waals surface area contributed by atoms with Gasteiger partial charge in [0.25, 0.3) is 0 Å². The summed E-state index contributed by atoms with van der Waals surface area (Å²) in [6, 6.07) is 6.79. The molecule has 0 aliphatic rings. The van der Waals surface area contributed by atoms with Gasteiger partial charge in [0.05, 0.1) is 11.7 Å². The molecular weight excluding hydrogens is 419 g/mol. The third kappa shape index (κ3) is 8.24. The van der Waals surface area contributed by atoms with Crippen molar-refractivity contribution < 1.29 is 9.16 Å². The molecule has 0 aliphatic heterocycles. The molecule has 1 atom stereocenters. The number of hydrogen-bond donors (Lipinski definition) is 0. The number of benzene rings is 1. The van der Waals surface area contributed by atoms with E-state index in [-0.39, 0.29) is 11.7 Å². The lowest BCUT2D eigenvalue weighted by atomic mass is 10.0. The minimum Gasteiger partial charge on any atom is -0.410 e. The summed E-state index contributed by atoms with van der Waals surface area (Å²) < 4.78 is 12.6. The van der Waals surface area contributed by atoms with E-state index < -0.39 is 8.32 Å². The molecule has 1 aromatic carbocycles. The Labute approximate surface area is 182 Å². The smallest absolute Gasteiger partial charge is 0.192 e. The predicted octanol–water partition coefficient (Wildman–Crippen LogP) is 8.70. The van der Waals surface area contributed by atoms with Gasteiger partial charge in [0, 0.05) is 27.2 Å². The Morgan fingerprint density at radius 3 is 1.89 bits per heavy atom. The summed E-state index contributed by atoms with van der Waals surface area (Å²) in [6.45, 7) is 13.7. The Morgan fingerprint density at radius 2 is 1.44 bits per heavy atom. The minimum absolute atomic E-state index is 0.0941. The Bertz CT molecular complexity index is 552. The zero-order valence-corrected chi connectivity index (χ0v) is 20.9. The molecule has 0 spiro atoms. The highest BCUT2D eigenvalue weighted by Gasteiger charge is 2.34. The third-order valence-electron chi connectivity index (χ3n) is 5.09. The highest BCUT2D eigenvalue weighted by Crippen LogP contribution is 2.40. The van der Waals surface area contributed by atoms with Crippen LogP contribution >= 0.6 is 34.8 Å². The Kier molecular flexibility index (Phi) is 10.7. The van der Waals surface area contributed by atoms with Crippen LogP contribution in [0.2, 0.25) is 33.2 Å². The molecule has 6 heteroatoms. The largest absolute Gasteiger partial charge is 0.410 e. The van der Waals surface area contributed by atoms with Gasteiger partial charge in [-0.3, -0.25) is 0 Å². The number of unbranched alkanes of at least 4 members (excludes halogenated alkanes) is 1.